The van der Waals surface area contributed by atoms with Gasteiger partial charge in [0.15, 0.2) is 0 Å². The molecular formula is C20H22N2O2. The molecule has 0 radical (unpaired) electrons. The fourth-order valence-electron chi connectivity index (χ4n) is 1.91. The van der Waals surface area contributed by atoms with Crippen molar-refractivity contribution in [1.82, 2.24) is 0 Å². The second kappa shape index (κ2) is 7.59. The van der Waals surface area contributed by atoms with Crippen molar-refractivity contribution in [2.45, 2.75) is 20.8 Å². The summed E-state index contributed by atoms with van der Waals surface area (Å²) in [7, 11) is 0. The Morgan fingerprint density at radius 2 is 1.50 bits per heavy atom. The lowest BCUT2D eigenvalue weighted by Gasteiger charge is -2.18. The Bertz CT molecular complexity index is 744. The third-order valence-corrected chi connectivity index (χ3v) is 3.30. The van der Waals surface area contributed by atoms with Crippen LogP contribution in [0.2, 0.25) is 0 Å². The van der Waals surface area contributed by atoms with Gasteiger partial charge in [-0.3, -0.25) is 9.59 Å². The van der Waals surface area contributed by atoms with Gasteiger partial charge in [-0.15, -0.1) is 0 Å². The quantitative estimate of drug-likeness (QED) is 0.823. The van der Waals surface area contributed by atoms with E-state index in [4.69, 9.17) is 0 Å². The van der Waals surface area contributed by atoms with Crippen LogP contribution in [-0.2, 0) is 9.59 Å². The van der Waals surface area contributed by atoms with E-state index in [1.807, 2.05) is 51.1 Å². The molecule has 0 aromatic heterocycles. The average Bonchev–Trinajstić information content (AvgIpc) is 2.53. The van der Waals surface area contributed by atoms with Crippen LogP contribution < -0.4 is 10.6 Å². The van der Waals surface area contributed by atoms with Crippen molar-refractivity contribution in [3.05, 3.63) is 66.2 Å². The van der Waals surface area contributed by atoms with E-state index < -0.39 is 5.41 Å². The number of anilines is 2. The van der Waals surface area contributed by atoms with Crippen LogP contribution >= 0.6 is 0 Å². The predicted octanol–water partition coefficient (Wildman–Crippen LogP) is 4.32. The molecule has 2 aromatic rings. The maximum atomic E-state index is 12.0. The third-order valence-electron chi connectivity index (χ3n) is 3.30. The van der Waals surface area contributed by atoms with Crippen LogP contribution in [0.15, 0.2) is 60.7 Å². The predicted molar refractivity (Wildman–Crippen MR) is 98.6 cm³/mol. The van der Waals surface area contributed by atoms with Crippen molar-refractivity contribution >= 4 is 29.3 Å². The van der Waals surface area contributed by atoms with Crippen LogP contribution in [0.5, 0.6) is 0 Å². The topological polar surface area (TPSA) is 58.2 Å². The standard InChI is InChI=1S/C20H22N2O2/c1-20(2,3)19(24)22-17-11-7-10-16(14-17)21-18(23)13-12-15-8-5-4-6-9-15/h4-14H,1-3H3,(H,21,23)(H,22,24)/b13-12+. The Morgan fingerprint density at radius 3 is 2.12 bits per heavy atom. The Balaban J connectivity index is 2.00. The van der Waals surface area contributed by atoms with Crippen molar-refractivity contribution in [2.24, 2.45) is 5.41 Å². The van der Waals surface area contributed by atoms with E-state index >= 15 is 0 Å². The van der Waals surface area contributed by atoms with Crippen LogP contribution in [0.1, 0.15) is 26.3 Å². The van der Waals surface area contributed by atoms with Crippen LogP contribution in [0.3, 0.4) is 0 Å². The number of rotatable bonds is 4. The molecule has 0 aliphatic heterocycles. The normalized spacial score (nSPS) is 11.3. The van der Waals surface area contributed by atoms with Gasteiger partial charge in [-0.05, 0) is 29.8 Å². The van der Waals surface area contributed by atoms with Gasteiger partial charge >= 0.3 is 0 Å². The highest BCUT2D eigenvalue weighted by Crippen LogP contribution is 2.20. The van der Waals surface area contributed by atoms with Gasteiger partial charge in [-0.25, -0.2) is 0 Å². The van der Waals surface area contributed by atoms with Crippen LogP contribution in [-0.4, -0.2) is 11.8 Å². The molecule has 4 nitrogen and oxygen atoms in total. The first kappa shape index (κ1) is 17.5. The summed E-state index contributed by atoms with van der Waals surface area (Å²) in [4.78, 5) is 24.0. The molecule has 0 heterocycles. The number of amides is 2. The number of nitrogens with one attached hydrogen (secondary N) is 2. The maximum Gasteiger partial charge on any atom is 0.248 e. The SMILES string of the molecule is CC(C)(C)C(=O)Nc1cccc(NC(=O)/C=C/c2ccccc2)c1. The molecule has 0 saturated heterocycles. The molecular weight excluding hydrogens is 300 g/mol. The molecule has 0 saturated carbocycles. The first-order valence-corrected chi connectivity index (χ1v) is 7.80. The fourth-order valence-corrected chi connectivity index (χ4v) is 1.91. The van der Waals surface area contributed by atoms with Crippen molar-refractivity contribution in [3.63, 3.8) is 0 Å². The minimum Gasteiger partial charge on any atom is -0.326 e. The lowest BCUT2D eigenvalue weighted by molar-refractivity contribution is -0.123. The Kier molecular flexibility index (Phi) is 5.53. The van der Waals surface area contributed by atoms with Gasteiger partial charge in [0.2, 0.25) is 11.8 Å². The molecule has 4 heteroatoms. The van der Waals surface area contributed by atoms with Gasteiger partial charge in [0.05, 0.1) is 0 Å². The Hall–Kier alpha value is -2.88. The van der Waals surface area contributed by atoms with Crippen LogP contribution in [0.25, 0.3) is 6.08 Å². The summed E-state index contributed by atoms with van der Waals surface area (Å²) in [5.41, 5.74) is 1.76. The summed E-state index contributed by atoms with van der Waals surface area (Å²) in [6, 6.07) is 16.7. The zero-order chi connectivity index (χ0) is 17.6. The molecule has 24 heavy (non-hydrogen) atoms. The average molecular weight is 322 g/mol. The van der Waals surface area contributed by atoms with Gasteiger partial charge in [0.1, 0.15) is 0 Å². The smallest absolute Gasteiger partial charge is 0.248 e. The highest BCUT2D eigenvalue weighted by Gasteiger charge is 2.21. The number of hydrogen-bond acceptors (Lipinski definition) is 2. The van der Waals surface area contributed by atoms with Gasteiger partial charge in [-0.1, -0.05) is 57.2 Å². The zero-order valence-electron chi connectivity index (χ0n) is 14.2. The zero-order valence-corrected chi connectivity index (χ0v) is 14.2. The molecule has 0 unspecified atom stereocenters. The molecule has 124 valence electrons. The summed E-state index contributed by atoms with van der Waals surface area (Å²) in [6.07, 6.45) is 3.23. The molecule has 0 aliphatic rings. The van der Waals surface area contributed by atoms with Gasteiger partial charge in [-0.2, -0.15) is 0 Å². The Morgan fingerprint density at radius 1 is 0.875 bits per heavy atom. The van der Waals surface area contributed by atoms with Gasteiger partial charge < -0.3 is 10.6 Å². The van der Waals surface area contributed by atoms with E-state index in [0.717, 1.165) is 5.56 Å². The first-order valence-electron chi connectivity index (χ1n) is 7.80. The lowest BCUT2D eigenvalue weighted by atomic mass is 9.95. The number of benzene rings is 2. The molecule has 2 amide bonds. The molecule has 0 bridgehead atoms. The van der Waals surface area contributed by atoms with Crippen molar-refractivity contribution in [3.8, 4) is 0 Å². The van der Waals surface area contributed by atoms with E-state index in [0.29, 0.717) is 11.4 Å². The highest BCUT2D eigenvalue weighted by atomic mass is 16.2. The summed E-state index contributed by atoms with van der Waals surface area (Å²) in [5.74, 6) is -0.298. The second-order valence-electron chi connectivity index (χ2n) is 6.52. The van der Waals surface area contributed by atoms with Crippen LogP contribution in [0.4, 0.5) is 11.4 Å². The van der Waals surface area contributed by atoms with Gasteiger partial charge in [0.25, 0.3) is 0 Å². The van der Waals surface area contributed by atoms with Crippen LogP contribution in [0, 0.1) is 5.41 Å². The van der Waals surface area contributed by atoms with Crippen molar-refractivity contribution in [1.29, 1.82) is 0 Å². The fraction of sp³-hybridized carbons (Fsp3) is 0.200. The largest absolute Gasteiger partial charge is 0.326 e. The van der Waals surface area contributed by atoms with Crippen molar-refractivity contribution < 1.29 is 9.59 Å². The maximum absolute atomic E-state index is 12.0. The van der Waals surface area contributed by atoms with E-state index in [2.05, 4.69) is 10.6 Å². The number of carbonyl (C=O) groups is 2. The minimum atomic E-state index is -0.475. The molecule has 2 rings (SSSR count). The molecule has 0 spiro atoms. The first-order chi connectivity index (χ1) is 11.3. The van der Waals surface area contributed by atoms with E-state index in [1.165, 1.54) is 6.08 Å². The monoisotopic (exact) mass is 322 g/mol. The summed E-state index contributed by atoms with van der Waals surface area (Å²) < 4.78 is 0. The number of carbonyl (C=O) groups excluding carboxylic acids is 2. The van der Waals surface area contributed by atoms with E-state index in [-0.39, 0.29) is 11.8 Å². The molecule has 0 atom stereocenters. The molecule has 2 aromatic carbocycles. The third kappa shape index (κ3) is 5.39. The molecule has 0 aliphatic carbocycles. The van der Waals surface area contributed by atoms with Crippen molar-refractivity contribution in [2.75, 3.05) is 10.6 Å². The summed E-state index contributed by atoms with van der Waals surface area (Å²) in [5, 5.41) is 5.63. The highest BCUT2D eigenvalue weighted by molar-refractivity contribution is 6.02. The minimum absolute atomic E-state index is 0.0741. The van der Waals surface area contributed by atoms with Gasteiger partial charge in [0, 0.05) is 22.9 Å². The second-order valence-corrected chi connectivity index (χ2v) is 6.52. The summed E-state index contributed by atoms with van der Waals surface area (Å²) in [6.45, 7) is 5.55. The number of hydrogen-bond donors (Lipinski definition) is 2. The molecule has 0 fully saturated rings. The summed E-state index contributed by atoms with van der Waals surface area (Å²) >= 11 is 0. The Labute approximate surface area is 142 Å². The molecule has 2 N–H and O–H groups in total. The van der Waals surface area contributed by atoms with E-state index in [1.54, 1.807) is 30.3 Å². The van der Waals surface area contributed by atoms with E-state index in [9.17, 15) is 9.59 Å². The lowest BCUT2D eigenvalue weighted by Crippen LogP contribution is -2.27.